The minimum absolute atomic E-state index is 0.0392. The molecule has 2 heterocycles. The molecule has 1 amide bonds. The maximum absolute atomic E-state index is 12.0. The van der Waals surface area contributed by atoms with Crippen LogP contribution >= 0.6 is 0 Å². The van der Waals surface area contributed by atoms with Gasteiger partial charge in [0.15, 0.2) is 0 Å². The minimum Gasteiger partial charge on any atom is -0.444 e. The van der Waals surface area contributed by atoms with Crippen LogP contribution in [-0.2, 0) is 4.74 Å². The summed E-state index contributed by atoms with van der Waals surface area (Å²) in [5.74, 6) is 0. The summed E-state index contributed by atoms with van der Waals surface area (Å²) < 4.78 is 5.49. The minimum atomic E-state index is -0.505. The van der Waals surface area contributed by atoms with E-state index in [0.717, 1.165) is 25.7 Å². The lowest BCUT2D eigenvalue weighted by Gasteiger charge is -2.23. The van der Waals surface area contributed by atoms with Crippen molar-refractivity contribution in [1.82, 2.24) is 15.5 Å². The Bertz CT molecular complexity index is 690. The van der Waals surface area contributed by atoms with Crippen LogP contribution in [0.2, 0.25) is 0 Å². The van der Waals surface area contributed by atoms with Crippen LogP contribution in [-0.4, -0.2) is 41.5 Å². The van der Waals surface area contributed by atoms with Crippen molar-refractivity contribution in [2.45, 2.75) is 50.7 Å². The average molecular weight is 331 g/mol. The summed E-state index contributed by atoms with van der Waals surface area (Å²) in [6.07, 6.45) is 7.05. The second-order valence-corrected chi connectivity index (χ2v) is 6.31. The van der Waals surface area contributed by atoms with E-state index in [4.69, 9.17) is 10.00 Å². The van der Waals surface area contributed by atoms with Gasteiger partial charge >= 0.3 is 6.09 Å². The number of nitriles is 1. The summed E-state index contributed by atoms with van der Waals surface area (Å²) in [5, 5.41) is 18.1. The molecule has 0 spiro atoms. The number of rotatable bonds is 3. The molecule has 24 heavy (non-hydrogen) atoms. The molecule has 1 aliphatic heterocycles. The molecule has 8 nitrogen and oxygen atoms in total. The average Bonchev–Trinajstić information content (AvgIpc) is 3.03. The highest BCUT2D eigenvalue weighted by Gasteiger charge is 2.29. The normalized spacial score (nSPS) is 21.3. The number of carbonyl (C=O) groups excluding carboxylic acids is 1. The molecule has 0 aromatic carbocycles. The molecule has 2 N–H and O–H groups in total. The van der Waals surface area contributed by atoms with Gasteiger partial charge < -0.3 is 15.0 Å². The fraction of sp³-hybridized carbons (Fsp3) is 0.625. The number of H-pyrrole nitrogens is 1. The van der Waals surface area contributed by atoms with Gasteiger partial charge in [0.25, 0.3) is 5.56 Å². The lowest BCUT2D eigenvalue weighted by Crippen LogP contribution is -2.39. The predicted molar refractivity (Wildman–Crippen MR) is 86.7 cm³/mol. The fourth-order valence-electron chi connectivity index (χ4n) is 3.38. The lowest BCUT2D eigenvalue weighted by atomic mass is 9.96. The summed E-state index contributed by atoms with van der Waals surface area (Å²) in [7, 11) is 0. The Hall–Kier alpha value is -2.56. The van der Waals surface area contributed by atoms with Crippen molar-refractivity contribution in [1.29, 1.82) is 5.26 Å². The first-order valence-electron chi connectivity index (χ1n) is 8.37. The SMILES string of the molecule is N#Cc1c(N2CCC(OC(=O)NC3CCCCC3)C2)cn[nH]c1=O. The molecule has 1 saturated heterocycles. The van der Waals surface area contributed by atoms with Crippen molar-refractivity contribution in [3.63, 3.8) is 0 Å². The second-order valence-electron chi connectivity index (χ2n) is 6.31. The van der Waals surface area contributed by atoms with Crippen LogP contribution in [0.1, 0.15) is 44.1 Å². The van der Waals surface area contributed by atoms with Gasteiger partial charge in [0.05, 0.1) is 18.4 Å². The lowest BCUT2D eigenvalue weighted by molar-refractivity contribution is 0.103. The van der Waals surface area contributed by atoms with Crippen molar-refractivity contribution < 1.29 is 9.53 Å². The molecule has 1 unspecified atom stereocenters. The summed E-state index contributed by atoms with van der Waals surface area (Å²) in [6, 6.07) is 2.12. The van der Waals surface area contributed by atoms with Gasteiger partial charge in [0.2, 0.25) is 0 Å². The van der Waals surface area contributed by atoms with Crippen molar-refractivity contribution in [2.24, 2.45) is 0 Å². The van der Waals surface area contributed by atoms with Gasteiger partial charge in [-0.2, -0.15) is 10.4 Å². The van der Waals surface area contributed by atoms with Crippen molar-refractivity contribution in [2.75, 3.05) is 18.0 Å². The fourth-order valence-corrected chi connectivity index (χ4v) is 3.38. The van der Waals surface area contributed by atoms with Crippen LogP contribution in [0.25, 0.3) is 0 Å². The van der Waals surface area contributed by atoms with Crippen molar-refractivity contribution >= 4 is 11.8 Å². The molecule has 1 aliphatic carbocycles. The monoisotopic (exact) mass is 331 g/mol. The molecule has 8 heteroatoms. The summed E-state index contributed by atoms with van der Waals surface area (Å²) >= 11 is 0. The van der Waals surface area contributed by atoms with Crippen LogP contribution in [0, 0.1) is 11.3 Å². The first kappa shape index (κ1) is 16.3. The number of hydrogen-bond acceptors (Lipinski definition) is 6. The number of amides is 1. The molecule has 2 fully saturated rings. The molecule has 3 rings (SSSR count). The molecule has 128 valence electrons. The van der Waals surface area contributed by atoms with Crippen LogP contribution in [0.5, 0.6) is 0 Å². The zero-order valence-corrected chi connectivity index (χ0v) is 13.5. The largest absolute Gasteiger partial charge is 0.444 e. The van der Waals surface area contributed by atoms with E-state index in [9.17, 15) is 9.59 Å². The number of ether oxygens (including phenoxy) is 1. The Morgan fingerprint density at radius 2 is 2.17 bits per heavy atom. The number of alkyl carbamates (subject to hydrolysis) is 1. The van der Waals surface area contributed by atoms with Crippen LogP contribution in [0.3, 0.4) is 0 Å². The smallest absolute Gasteiger partial charge is 0.407 e. The first-order valence-corrected chi connectivity index (χ1v) is 8.37. The molecule has 1 atom stereocenters. The Kier molecular flexibility index (Phi) is 4.99. The zero-order valence-electron chi connectivity index (χ0n) is 13.5. The highest BCUT2D eigenvalue weighted by atomic mass is 16.6. The summed E-state index contributed by atoms with van der Waals surface area (Å²) in [5.41, 5.74) is 0.0201. The number of hydrogen-bond donors (Lipinski definition) is 2. The molecule has 1 aromatic rings. The van der Waals surface area contributed by atoms with Crippen LogP contribution in [0.4, 0.5) is 10.5 Å². The number of aromatic amines is 1. The molecule has 2 aliphatic rings. The van der Waals surface area contributed by atoms with Gasteiger partial charge in [0.1, 0.15) is 17.7 Å². The van der Waals surface area contributed by atoms with E-state index in [2.05, 4.69) is 15.5 Å². The zero-order chi connectivity index (χ0) is 16.9. The van der Waals surface area contributed by atoms with Crippen LogP contribution < -0.4 is 15.8 Å². The van der Waals surface area contributed by atoms with E-state index in [1.54, 1.807) is 0 Å². The number of carbonyl (C=O) groups is 1. The molecule has 0 radical (unpaired) electrons. The summed E-state index contributed by atoms with van der Waals surface area (Å²) in [4.78, 5) is 25.5. The molecule has 1 aromatic heterocycles. The van der Waals surface area contributed by atoms with E-state index >= 15 is 0 Å². The van der Waals surface area contributed by atoms with E-state index in [0.29, 0.717) is 25.2 Å². The van der Waals surface area contributed by atoms with E-state index in [1.165, 1.54) is 12.6 Å². The third kappa shape index (κ3) is 3.67. The molecule has 0 bridgehead atoms. The second kappa shape index (κ2) is 7.34. The molecular weight excluding hydrogens is 310 g/mol. The van der Waals surface area contributed by atoms with E-state index in [-0.39, 0.29) is 23.8 Å². The Labute approximate surface area is 139 Å². The van der Waals surface area contributed by atoms with Gasteiger partial charge in [0, 0.05) is 19.0 Å². The van der Waals surface area contributed by atoms with Crippen molar-refractivity contribution in [3.05, 3.63) is 22.1 Å². The Balaban J connectivity index is 1.56. The highest BCUT2D eigenvalue weighted by molar-refractivity contribution is 5.68. The summed E-state index contributed by atoms with van der Waals surface area (Å²) in [6.45, 7) is 1.07. The van der Waals surface area contributed by atoms with Gasteiger partial charge in [-0.3, -0.25) is 4.79 Å². The standard InChI is InChI=1S/C16H21N5O3/c17-8-13-14(9-18-20-15(13)22)21-7-6-12(10-21)24-16(23)19-11-4-2-1-3-5-11/h9,11-12H,1-7,10H2,(H,19,23)(H,20,22). The number of aromatic nitrogens is 2. The van der Waals surface area contributed by atoms with Gasteiger partial charge in [-0.05, 0) is 12.8 Å². The number of nitrogens with zero attached hydrogens (tertiary/aromatic N) is 3. The first-order chi connectivity index (χ1) is 11.7. The quantitative estimate of drug-likeness (QED) is 0.863. The van der Waals surface area contributed by atoms with E-state index < -0.39 is 5.56 Å². The van der Waals surface area contributed by atoms with Crippen LogP contribution in [0.15, 0.2) is 11.0 Å². The number of nitrogens with one attached hydrogen (secondary N) is 2. The number of anilines is 1. The molecule has 1 saturated carbocycles. The Morgan fingerprint density at radius 1 is 1.38 bits per heavy atom. The van der Waals surface area contributed by atoms with Gasteiger partial charge in [-0.25, -0.2) is 9.89 Å². The predicted octanol–water partition coefficient (Wildman–Crippen LogP) is 1.28. The van der Waals surface area contributed by atoms with Gasteiger partial charge in [-0.15, -0.1) is 0 Å². The highest BCUT2D eigenvalue weighted by Crippen LogP contribution is 2.23. The maximum atomic E-state index is 12.0. The van der Waals surface area contributed by atoms with E-state index in [1.807, 2.05) is 11.0 Å². The third-order valence-corrected chi connectivity index (χ3v) is 4.63. The topological polar surface area (TPSA) is 111 Å². The Morgan fingerprint density at radius 3 is 2.92 bits per heavy atom. The molecular formula is C16H21N5O3. The third-order valence-electron chi connectivity index (χ3n) is 4.63. The van der Waals surface area contributed by atoms with Crippen molar-refractivity contribution in [3.8, 4) is 6.07 Å². The maximum Gasteiger partial charge on any atom is 0.407 e. The van der Waals surface area contributed by atoms with Gasteiger partial charge in [-0.1, -0.05) is 19.3 Å².